The Morgan fingerprint density at radius 1 is 1.32 bits per heavy atom. The van der Waals surface area contributed by atoms with Crippen LogP contribution in [-0.4, -0.2) is 26.7 Å². The molecule has 22 heavy (non-hydrogen) atoms. The summed E-state index contributed by atoms with van der Waals surface area (Å²) in [6.07, 6.45) is 0. The Hall–Kier alpha value is -1.28. The summed E-state index contributed by atoms with van der Waals surface area (Å²) in [4.78, 5) is 0.0493. The van der Waals surface area contributed by atoms with Gasteiger partial charge in [0.2, 0.25) is 10.0 Å². The lowest BCUT2D eigenvalue weighted by Gasteiger charge is -2.10. The fourth-order valence-electron chi connectivity index (χ4n) is 1.86. The van der Waals surface area contributed by atoms with Crippen LogP contribution in [-0.2, 0) is 10.0 Å². The Morgan fingerprint density at radius 2 is 2.05 bits per heavy atom. The number of rotatable bonds is 6. The minimum absolute atomic E-state index is 0.0493. The second-order valence-corrected chi connectivity index (χ2v) is 6.94. The molecule has 0 aliphatic carbocycles. The van der Waals surface area contributed by atoms with Gasteiger partial charge in [0, 0.05) is 6.54 Å². The third-order valence-corrected chi connectivity index (χ3v) is 5.31. The topological polar surface area (TPSA) is 81.4 Å². The summed E-state index contributed by atoms with van der Waals surface area (Å²) in [5, 5.41) is 4.28. The zero-order chi connectivity index (χ0) is 16.3. The first-order valence-corrected chi connectivity index (χ1v) is 8.56. The van der Waals surface area contributed by atoms with Crippen molar-refractivity contribution in [3.8, 4) is 5.75 Å². The molecule has 0 saturated carbocycles. The summed E-state index contributed by atoms with van der Waals surface area (Å²) >= 11 is 11.8. The lowest BCUT2D eigenvalue weighted by Crippen LogP contribution is -2.29. The number of aryl methyl sites for hydroxylation is 2. The number of aromatic nitrogens is 1. The Labute approximate surface area is 138 Å². The van der Waals surface area contributed by atoms with Crippen molar-refractivity contribution in [3.05, 3.63) is 39.7 Å². The highest BCUT2D eigenvalue weighted by Crippen LogP contribution is 2.31. The Bertz CT molecular complexity index is 755. The molecule has 0 radical (unpaired) electrons. The van der Waals surface area contributed by atoms with Crippen molar-refractivity contribution in [2.45, 2.75) is 18.7 Å². The fourth-order valence-corrected chi connectivity index (χ4v) is 3.55. The molecule has 6 nitrogen and oxygen atoms in total. The van der Waals surface area contributed by atoms with Crippen LogP contribution in [0.4, 0.5) is 0 Å². The Balaban J connectivity index is 1.95. The molecule has 0 saturated heterocycles. The quantitative estimate of drug-likeness (QED) is 0.796. The van der Waals surface area contributed by atoms with E-state index in [0.717, 1.165) is 0 Å². The highest BCUT2D eigenvalue weighted by Gasteiger charge is 2.23. The second-order valence-electron chi connectivity index (χ2n) is 4.45. The molecular formula is C13H14Cl2N2O4S. The molecule has 0 atom stereocenters. The molecule has 9 heteroatoms. The van der Waals surface area contributed by atoms with Crippen molar-refractivity contribution in [2.24, 2.45) is 0 Å². The molecular weight excluding hydrogens is 351 g/mol. The van der Waals surface area contributed by atoms with Crippen LogP contribution in [0.5, 0.6) is 5.75 Å². The second kappa shape index (κ2) is 6.87. The molecule has 1 heterocycles. The summed E-state index contributed by atoms with van der Waals surface area (Å²) < 4.78 is 37.0. The molecule has 0 spiro atoms. The van der Waals surface area contributed by atoms with Crippen LogP contribution >= 0.6 is 23.2 Å². The normalized spacial score (nSPS) is 11.6. The molecule has 0 unspecified atom stereocenters. The van der Waals surface area contributed by atoms with Crippen LogP contribution in [0.25, 0.3) is 0 Å². The Morgan fingerprint density at radius 3 is 2.68 bits per heavy atom. The minimum atomic E-state index is -3.70. The maximum Gasteiger partial charge on any atom is 0.246 e. The van der Waals surface area contributed by atoms with E-state index in [2.05, 4.69) is 9.88 Å². The van der Waals surface area contributed by atoms with E-state index in [-0.39, 0.29) is 28.8 Å². The van der Waals surface area contributed by atoms with Gasteiger partial charge in [-0.25, -0.2) is 13.1 Å². The Kier molecular flexibility index (Phi) is 5.33. The summed E-state index contributed by atoms with van der Waals surface area (Å²) in [6.45, 7) is 3.27. The van der Waals surface area contributed by atoms with Gasteiger partial charge in [-0.1, -0.05) is 34.4 Å². The molecule has 0 aliphatic heterocycles. The van der Waals surface area contributed by atoms with E-state index >= 15 is 0 Å². The predicted octanol–water partition coefficient (Wildman–Crippen LogP) is 2.96. The maximum absolute atomic E-state index is 12.2. The number of nitrogens with zero attached hydrogens (tertiary/aromatic N) is 1. The van der Waals surface area contributed by atoms with Gasteiger partial charge < -0.3 is 9.26 Å². The van der Waals surface area contributed by atoms with Crippen molar-refractivity contribution in [1.82, 2.24) is 9.88 Å². The first-order valence-electron chi connectivity index (χ1n) is 6.32. The van der Waals surface area contributed by atoms with Gasteiger partial charge in [-0.05, 0) is 26.0 Å². The van der Waals surface area contributed by atoms with Crippen LogP contribution in [0.15, 0.2) is 27.6 Å². The standard InChI is InChI=1S/C13H14Cl2N2O4S/c1-8-13(9(2)21-17-8)22(18,19)16-6-7-20-11-5-3-4-10(14)12(11)15/h3-5,16H,6-7H2,1-2H3. The predicted molar refractivity (Wildman–Crippen MR) is 83.1 cm³/mol. The summed E-state index contributed by atoms with van der Waals surface area (Å²) in [6, 6.07) is 4.98. The summed E-state index contributed by atoms with van der Waals surface area (Å²) in [5.41, 5.74) is 0.309. The van der Waals surface area contributed by atoms with Gasteiger partial charge in [-0.15, -0.1) is 0 Å². The number of benzene rings is 1. The monoisotopic (exact) mass is 364 g/mol. The van der Waals surface area contributed by atoms with Crippen molar-refractivity contribution < 1.29 is 17.7 Å². The molecule has 2 aromatic rings. The lowest BCUT2D eigenvalue weighted by molar-refractivity contribution is 0.323. The van der Waals surface area contributed by atoms with E-state index in [9.17, 15) is 8.42 Å². The van der Waals surface area contributed by atoms with Crippen molar-refractivity contribution in [2.75, 3.05) is 13.2 Å². The average molecular weight is 365 g/mol. The molecule has 120 valence electrons. The van der Waals surface area contributed by atoms with Crippen LogP contribution in [0.1, 0.15) is 11.5 Å². The third kappa shape index (κ3) is 3.73. The van der Waals surface area contributed by atoms with Gasteiger partial charge in [-0.3, -0.25) is 0 Å². The number of sulfonamides is 1. The molecule has 2 rings (SSSR count). The highest BCUT2D eigenvalue weighted by atomic mass is 35.5. The molecule has 0 amide bonds. The lowest BCUT2D eigenvalue weighted by atomic mass is 10.3. The van der Waals surface area contributed by atoms with Crippen molar-refractivity contribution in [3.63, 3.8) is 0 Å². The summed E-state index contributed by atoms with van der Waals surface area (Å²) in [7, 11) is -3.70. The van der Waals surface area contributed by atoms with Gasteiger partial charge in [-0.2, -0.15) is 0 Å². The largest absolute Gasteiger partial charge is 0.491 e. The van der Waals surface area contributed by atoms with Gasteiger partial charge in [0.15, 0.2) is 5.76 Å². The molecule has 1 aromatic heterocycles. The van der Waals surface area contributed by atoms with E-state index in [1.54, 1.807) is 25.1 Å². The van der Waals surface area contributed by atoms with E-state index in [0.29, 0.717) is 16.5 Å². The van der Waals surface area contributed by atoms with Crippen molar-refractivity contribution in [1.29, 1.82) is 0 Å². The number of hydrogen-bond donors (Lipinski definition) is 1. The van der Waals surface area contributed by atoms with Gasteiger partial charge >= 0.3 is 0 Å². The smallest absolute Gasteiger partial charge is 0.246 e. The molecule has 1 aromatic carbocycles. The average Bonchev–Trinajstić information content (AvgIpc) is 2.79. The van der Waals surface area contributed by atoms with E-state index in [1.165, 1.54) is 6.92 Å². The fraction of sp³-hybridized carbons (Fsp3) is 0.308. The summed E-state index contributed by atoms with van der Waals surface area (Å²) in [5.74, 6) is 0.634. The van der Waals surface area contributed by atoms with Gasteiger partial charge in [0.25, 0.3) is 0 Å². The number of ether oxygens (including phenoxy) is 1. The minimum Gasteiger partial charge on any atom is -0.491 e. The number of halogens is 2. The zero-order valence-electron chi connectivity index (χ0n) is 11.9. The van der Waals surface area contributed by atoms with Crippen LogP contribution in [0.2, 0.25) is 10.0 Å². The number of hydrogen-bond acceptors (Lipinski definition) is 5. The molecule has 0 aliphatic rings. The first kappa shape index (κ1) is 17.1. The SMILES string of the molecule is Cc1noc(C)c1S(=O)(=O)NCCOc1cccc(Cl)c1Cl. The zero-order valence-corrected chi connectivity index (χ0v) is 14.2. The van der Waals surface area contributed by atoms with E-state index in [1.807, 2.05) is 0 Å². The highest BCUT2D eigenvalue weighted by molar-refractivity contribution is 7.89. The molecule has 0 bridgehead atoms. The van der Waals surface area contributed by atoms with Crippen molar-refractivity contribution >= 4 is 33.2 Å². The first-order chi connectivity index (χ1) is 10.3. The third-order valence-electron chi connectivity index (χ3n) is 2.80. The van der Waals surface area contributed by atoms with E-state index in [4.69, 9.17) is 32.5 Å². The maximum atomic E-state index is 12.2. The van der Waals surface area contributed by atoms with Gasteiger partial charge in [0.05, 0.1) is 5.02 Å². The van der Waals surface area contributed by atoms with E-state index < -0.39 is 10.0 Å². The van der Waals surface area contributed by atoms with Crippen LogP contribution in [0, 0.1) is 13.8 Å². The molecule has 1 N–H and O–H groups in total. The van der Waals surface area contributed by atoms with Crippen LogP contribution < -0.4 is 9.46 Å². The number of nitrogens with one attached hydrogen (secondary N) is 1. The molecule has 0 fully saturated rings. The van der Waals surface area contributed by atoms with Gasteiger partial charge in [0.1, 0.15) is 28.0 Å². The van der Waals surface area contributed by atoms with Crippen LogP contribution in [0.3, 0.4) is 0 Å².